The van der Waals surface area contributed by atoms with E-state index in [1.54, 1.807) is 0 Å². The fourth-order valence-electron chi connectivity index (χ4n) is 2.37. The average Bonchev–Trinajstić information content (AvgIpc) is 2.64. The van der Waals surface area contributed by atoms with Gasteiger partial charge in [-0.25, -0.2) is 12.6 Å². The smallest absolute Gasteiger partial charge is 0.397 e. The lowest BCUT2D eigenvalue weighted by molar-refractivity contribution is 0.284. The van der Waals surface area contributed by atoms with Crippen molar-refractivity contribution in [1.29, 1.82) is 0 Å². The van der Waals surface area contributed by atoms with Crippen molar-refractivity contribution in [1.82, 2.24) is 0 Å². The van der Waals surface area contributed by atoms with Crippen LogP contribution in [0.1, 0.15) is 0 Å². The van der Waals surface area contributed by atoms with Crippen LogP contribution in [0.25, 0.3) is 0 Å². The Hall–Kier alpha value is -2.72. The number of hydrogen-bond acceptors (Lipinski definition) is 13. The third-order valence-corrected chi connectivity index (χ3v) is 7.79. The zero-order valence-electron chi connectivity index (χ0n) is 16.5. The Labute approximate surface area is 193 Å². The van der Waals surface area contributed by atoms with Gasteiger partial charge in [0.2, 0.25) is 0 Å². The summed E-state index contributed by atoms with van der Waals surface area (Å²) in [5.41, 5.74) is 9.51. The number of azo groups is 1. The minimum absolute atomic E-state index is 0.222. The van der Waals surface area contributed by atoms with Gasteiger partial charge in [-0.2, -0.15) is 25.3 Å². The van der Waals surface area contributed by atoms with Crippen LogP contribution in [0.3, 0.4) is 0 Å². The van der Waals surface area contributed by atoms with Crippen molar-refractivity contribution in [3.05, 3.63) is 30.3 Å². The number of benzene rings is 2. The molecular weight excluding hydrogens is 544 g/mol. The first-order valence-electron chi connectivity index (χ1n) is 8.35. The molecule has 0 bridgehead atoms. The van der Waals surface area contributed by atoms with Gasteiger partial charge in [-0.1, -0.05) is 0 Å². The predicted octanol–water partition coefficient (Wildman–Crippen LogP) is 0.353. The molecule has 0 aliphatic rings. The number of nitrogens with zero attached hydrogens (tertiary/aromatic N) is 2. The highest BCUT2D eigenvalue weighted by Crippen LogP contribution is 2.34. The molecule has 0 aromatic heterocycles. The highest BCUT2D eigenvalue weighted by Gasteiger charge is 2.23. The van der Waals surface area contributed by atoms with Crippen LogP contribution in [0.2, 0.25) is 0 Å². The predicted molar refractivity (Wildman–Crippen MR) is 115 cm³/mol. The first-order valence-corrected chi connectivity index (χ1v) is 14.3. The van der Waals surface area contributed by atoms with Gasteiger partial charge in [0.15, 0.2) is 9.84 Å². The van der Waals surface area contributed by atoms with E-state index in [1.807, 2.05) is 0 Å². The fraction of sp³-hybridized carbons (Fsp3) is 0.143. The summed E-state index contributed by atoms with van der Waals surface area (Å²) in [6.45, 7) is -0.990. The molecule has 0 saturated carbocycles. The number of sulfone groups is 1. The van der Waals surface area contributed by atoms with Gasteiger partial charge in [0.25, 0.3) is 20.2 Å². The third-order valence-electron chi connectivity index (χ3n) is 3.86. The van der Waals surface area contributed by atoms with E-state index >= 15 is 0 Å². The topological polar surface area (TPSA) is 283 Å². The van der Waals surface area contributed by atoms with E-state index in [0.717, 1.165) is 24.3 Å². The van der Waals surface area contributed by atoms with Crippen molar-refractivity contribution >= 4 is 63.2 Å². The monoisotopic (exact) mass is 560 g/mol. The van der Waals surface area contributed by atoms with Crippen molar-refractivity contribution in [2.24, 2.45) is 10.2 Å². The molecule has 16 nitrogen and oxygen atoms in total. The molecule has 0 saturated heterocycles. The molecule has 7 N–H and O–H groups in total. The molecule has 2 rings (SSSR count). The van der Waals surface area contributed by atoms with E-state index in [-0.39, 0.29) is 11.4 Å². The summed E-state index contributed by atoms with van der Waals surface area (Å²) in [6, 6.07) is 3.85. The Balaban J connectivity index is 2.52. The van der Waals surface area contributed by atoms with E-state index in [0.29, 0.717) is 6.07 Å². The SMILES string of the molecule is Nc1cc(N)c(S(=O)(=O)O)cc1N=Nc1ccc(S(=O)(=O)CCOS(=O)(=O)O)cc1S(=O)(=O)O. The number of nitrogen functional groups attached to an aromatic ring is 2. The third kappa shape index (κ3) is 7.14. The molecule has 2 aromatic rings. The molecule has 0 atom stereocenters. The number of hydrogen-bond donors (Lipinski definition) is 5. The van der Waals surface area contributed by atoms with E-state index in [1.165, 1.54) is 0 Å². The summed E-state index contributed by atoms with van der Waals surface area (Å²) in [7, 11) is -19.1. The van der Waals surface area contributed by atoms with Crippen LogP contribution in [0.5, 0.6) is 0 Å². The molecular formula is C14H16N4O12S4. The Morgan fingerprint density at radius 1 is 0.735 bits per heavy atom. The average molecular weight is 561 g/mol. The van der Waals surface area contributed by atoms with Crippen LogP contribution in [-0.4, -0.2) is 59.7 Å². The van der Waals surface area contributed by atoms with Crippen LogP contribution in [0, 0.1) is 0 Å². The summed E-state index contributed by atoms with van der Waals surface area (Å²) in [4.78, 5) is -2.48. The van der Waals surface area contributed by atoms with Crippen molar-refractivity contribution in [2.75, 3.05) is 23.8 Å². The molecule has 0 aliphatic carbocycles. The molecule has 34 heavy (non-hydrogen) atoms. The normalized spacial score (nSPS) is 13.4. The first kappa shape index (κ1) is 27.5. The number of nitrogens with two attached hydrogens (primary N) is 2. The second-order valence-electron chi connectivity index (χ2n) is 6.30. The maximum atomic E-state index is 12.3. The van der Waals surface area contributed by atoms with Gasteiger partial charge in [0.05, 0.1) is 28.6 Å². The highest BCUT2D eigenvalue weighted by molar-refractivity contribution is 7.91. The summed E-state index contributed by atoms with van der Waals surface area (Å²) in [5, 5.41) is 7.09. The Morgan fingerprint density at radius 3 is 1.82 bits per heavy atom. The second-order valence-corrected chi connectivity index (χ2v) is 12.3. The number of rotatable bonds is 9. The van der Waals surface area contributed by atoms with E-state index in [9.17, 15) is 42.8 Å². The molecule has 188 valence electrons. The minimum Gasteiger partial charge on any atom is -0.398 e. The van der Waals surface area contributed by atoms with Crippen molar-refractivity contribution in [2.45, 2.75) is 14.7 Å². The molecule has 0 amide bonds. The van der Waals surface area contributed by atoms with Gasteiger partial charge in [-0.3, -0.25) is 13.7 Å². The molecule has 0 radical (unpaired) electrons. The quantitative estimate of drug-likeness (QED) is 0.157. The van der Waals surface area contributed by atoms with Gasteiger partial charge in [0, 0.05) is 0 Å². The molecule has 20 heteroatoms. The van der Waals surface area contributed by atoms with Gasteiger partial charge in [-0.05, 0) is 30.3 Å². The zero-order valence-corrected chi connectivity index (χ0v) is 19.8. The van der Waals surface area contributed by atoms with E-state index < -0.39 is 78.9 Å². The Bertz CT molecular complexity index is 1580. The van der Waals surface area contributed by atoms with Crippen LogP contribution in [-0.2, 0) is 44.7 Å². The molecule has 0 unspecified atom stereocenters. The summed E-state index contributed by atoms with van der Waals surface area (Å²) < 4.78 is 123. The Morgan fingerprint density at radius 2 is 1.29 bits per heavy atom. The summed E-state index contributed by atoms with van der Waals surface area (Å²) in [6.07, 6.45) is 0. The van der Waals surface area contributed by atoms with E-state index in [4.69, 9.17) is 16.0 Å². The van der Waals surface area contributed by atoms with Gasteiger partial charge >= 0.3 is 10.4 Å². The molecule has 0 fully saturated rings. The highest BCUT2D eigenvalue weighted by atomic mass is 32.3. The first-order chi connectivity index (χ1) is 15.3. The maximum absolute atomic E-state index is 12.3. The van der Waals surface area contributed by atoms with Gasteiger partial charge < -0.3 is 11.5 Å². The van der Waals surface area contributed by atoms with Crippen LogP contribution in [0.4, 0.5) is 22.7 Å². The summed E-state index contributed by atoms with van der Waals surface area (Å²) >= 11 is 0. The van der Waals surface area contributed by atoms with Crippen LogP contribution < -0.4 is 11.5 Å². The Kier molecular flexibility index (Phi) is 7.69. The lowest BCUT2D eigenvalue weighted by atomic mass is 10.2. The van der Waals surface area contributed by atoms with Gasteiger partial charge in [0.1, 0.15) is 21.2 Å². The van der Waals surface area contributed by atoms with Crippen molar-refractivity contribution < 1.29 is 51.5 Å². The molecule has 2 aromatic carbocycles. The summed E-state index contributed by atoms with van der Waals surface area (Å²) in [5.74, 6) is -0.987. The van der Waals surface area contributed by atoms with Crippen LogP contribution >= 0.6 is 0 Å². The zero-order chi connectivity index (χ0) is 26.1. The van der Waals surface area contributed by atoms with Gasteiger partial charge in [-0.15, -0.1) is 10.2 Å². The van der Waals surface area contributed by atoms with Crippen LogP contribution in [0.15, 0.2) is 55.2 Å². The van der Waals surface area contributed by atoms with Crippen molar-refractivity contribution in [3.63, 3.8) is 0 Å². The maximum Gasteiger partial charge on any atom is 0.397 e. The standard InChI is InChI=1S/C14H16N4O12S4/c15-9-6-10(16)13(32(21,22)23)7-12(9)18-17-11-2-1-8(5-14(11)33(24,25)26)31(19,20)4-3-30-34(27,28)29/h1-2,5-7H,3-4,15-16H2,(H,21,22,23)(H,24,25,26)(H,27,28,29). The van der Waals surface area contributed by atoms with Crippen molar-refractivity contribution in [3.8, 4) is 0 Å². The minimum atomic E-state index is -5.09. The molecule has 0 heterocycles. The fourth-order valence-corrected chi connectivity index (χ4v) is 5.22. The number of anilines is 2. The van der Waals surface area contributed by atoms with E-state index in [2.05, 4.69) is 14.4 Å². The largest absolute Gasteiger partial charge is 0.398 e. The molecule has 0 aliphatic heterocycles. The second kappa shape index (κ2) is 9.50. The lowest BCUT2D eigenvalue weighted by Crippen LogP contribution is -2.16. The lowest BCUT2D eigenvalue weighted by Gasteiger charge is -2.08. The molecule has 0 spiro atoms.